The molecule has 1 saturated carbocycles. The lowest BCUT2D eigenvalue weighted by molar-refractivity contribution is 0.0140. The Morgan fingerprint density at radius 1 is 1.23 bits per heavy atom. The average Bonchev–Trinajstić information content (AvgIpc) is 2.80. The molecule has 1 aromatic carbocycles. The third-order valence-corrected chi connectivity index (χ3v) is 7.96. The largest absolute Gasteiger partial charge is 0.390 e. The number of piperazine rings is 1. The third-order valence-electron chi connectivity index (χ3n) is 6.85. The van der Waals surface area contributed by atoms with Gasteiger partial charge in [0.25, 0.3) is 5.91 Å². The fraction of sp³-hybridized carbons (Fsp3) is 0.542. The highest BCUT2D eigenvalue weighted by molar-refractivity contribution is 7.90. The zero-order valence-electron chi connectivity index (χ0n) is 20.2. The van der Waals surface area contributed by atoms with Crippen molar-refractivity contribution < 1.29 is 22.7 Å². The van der Waals surface area contributed by atoms with E-state index in [9.17, 15) is 22.7 Å². The maximum atomic E-state index is 14.7. The van der Waals surface area contributed by atoms with Crippen molar-refractivity contribution in [3.8, 4) is 0 Å². The number of hydrogen-bond donors (Lipinski definition) is 2. The van der Waals surface area contributed by atoms with Crippen molar-refractivity contribution in [1.82, 2.24) is 15.3 Å². The topological polar surface area (TPSA) is 116 Å². The van der Waals surface area contributed by atoms with E-state index >= 15 is 0 Å². The van der Waals surface area contributed by atoms with Gasteiger partial charge >= 0.3 is 0 Å². The smallest absolute Gasteiger partial charge is 0.270 e. The van der Waals surface area contributed by atoms with Crippen LogP contribution >= 0.6 is 0 Å². The molecule has 35 heavy (non-hydrogen) atoms. The number of nitrogens with zero attached hydrogens (tertiary/aromatic N) is 4. The van der Waals surface area contributed by atoms with Crippen molar-refractivity contribution in [2.24, 2.45) is 0 Å². The van der Waals surface area contributed by atoms with Gasteiger partial charge < -0.3 is 20.2 Å². The number of aliphatic hydroxyl groups is 1. The second kappa shape index (κ2) is 9.69. The molecule has 2 aromatic rings. The molecule has 2 heterocycles. The van der Waals surface area contributed by atoms with Gasteiger partial charge in [-0.3, -0.25) is 4.79 Å². The molecule has 0 spiro atoms. The Balaban J connectivity index is 1.41. The Hall–Kier alpha value is -2.79. The van der Waals surface area contributed by atoms with Crippen LogP contribution in [0.2, 0.25) is 0 Å². The van der Waals surface area contributed by atoms with E-state index in [0.717, 1.165) is 25.2 Å². The van der Waals surface area contributed by atoms with Gasteiger partial charge in [-0.25, -0.2) is 22.8 Å². The van der Waals surface area contributed by atoms with Crippen LogP contribution in [-0.4, -0.2) is 73.0 Å². The molecule has 1 saturated heterocycles. The quantitative estimate of drug-likeness (QED) is 0.635. The first-order valence-electron chi connectivity index (χ1n) is 11.8. The van der Waals surface area contributed by atoms with Crippen molar-refractivity contribution in [3.63, 3.8) is 0 Å². The molecule has 1 aliphatic carbocycles. The predicted octanol–water partition coefficient (Wildman–Crippen LogP) is 2.16. The summed E-state index contributed by atoms with van der Waals surface area (Å²) in [6, 6.07) is 5.49. The third kappa shape index (κ3) is 5.90. The van der Waals surface area contributed by atoms with Crippen molar-refractivity contribution in [3.05, 3.63) is 42.0 Å². The van der Waals surface area contributed by atoms with Crippen molar-refractivity contribution in [2.45, 2.75) is 62.1 Å². The summed E-state index contributed by atoms with van der Waals surface area (Å²) >= 11 is 0. The minimum Gasteiger partial charge on any atom is -0.390 e. The summed E-state index contributed by atoms with van der Waals surface area (Å²) in [6.45, 7) is 5.27. The molecule has 190 valence electrons. The van der Waals surface area contributed by atoms with Crippen molar-refractivity contribution in [1.29, 1.82) is 0 Å². The predicted molar refractivity (Wildman–Crippen MR) is 131 cm³/mol. The number of halogens is 1. The molecule has 2 fully saturated rings. The van der Waals surface area contributed by atoms with Gasteiger partial charge in [0.05, 0.1) is 16.2 Å². The second-order valence-corrected chi connectivity index (χ2v) is 11.9. The van der Waals surface area contributed by atoms with Crippen LogP contribution in [0.5, 0.6) is 0 Å². The van der Waals surface area contributed by atoms with E-state index in [0.29, 0.717) is 44.1 Å². The highest BCUT2D eigenvalue weighted by Crippen LogP contribution is 2.28. The summed E-state index contributed by atoms with van der Waals surface area (Å²) < 4.78 is 38.1. The van der Waals surface area contributed by atoms with Gasteiger partial charge in [0, 0.05) is 44.2 Å². The van der Waals surface area contributed by atoms with Crippen LogP contribution < -0.4 is 15.1 Å². The number of rotatable bonds is 5. The first-order chi connectivity index (χ1) is 16.4. The van der Waals surface area contributed by atoms with Crippen LogP contribution in [0.4, 0.5) is 16.0 Å². The summed E-state index contributed by atoms with van der Waals surface area (Å²) in [7, 11) is -3.48. The average molecular weight is 506 g/mol. The van der Waals surface area contributed by atoms with Gasteiger partial charge in [0.2, 0.25) is 5.95 Å². The summed E-state index contributed by atoms with van der Waals surface area (Å²) in [5, 5.41) is 13.1. The number of anilines is 2. The number of benzene rings is 1. The molecule has 4 rings (SSSR count). The minimum atomic E-state index is -3.48. The summed E-state index contributed by atoms with van der Waals surface area (Å²) in [4.78, 5) is 25.4. The molecule has 0 bridgehead atoms. The molecule has 9 nitrogen and oxygen atoms in total. The maximum absolute atomic E-state index is 14.7. The summed E-state index contributed by atoms with van der Waals surface area (Å²) in [5.41, 5.74) is -0.0333. The van der Waals surface area contributed by atoms with Crippen LogP contribution in [0.3, 0.4) is 0 Å². The number of hydrogen-bond acceptors (Lipinski definition) is 8. The molecular weight excluding hydrogens is 473 g/mol. The minimum absolute atomic E-state index is 0.00703. The monoisotopic (exact) mass is 505 g/mol. The van der Waals surface area contributed by atoms with Crippen molar-refractivity contribution >= 4 is 27.4 Å². The number of aromatic nitrogens is 2. The van der Waals surface area contributed by atoms with Gasteiger partial charge in [-0.1, -0.05) is 0 Å². The van der Waals surface area contributed by atoms with Crippen LogP contribution in [0, 0.1) is 5.82 Å². The molecule has 1 unspecified atom stereocenters. The normalized spacial score (nSPS) is 25.4. The molecule has 11 heteroatoms. The van der Waals surface area contributed by atoms with Crippen LogP contribution in [0.15, 0.2) is 35.4 Å². The molecular formula is C24H32FN5O4S. The highest BCUT2D eigenvalue weighted by Gasteiger charge is 2.31. The second-order valence-electron chi connectivity index (χ2n) is 9.86. The van der Waals surface area contributed by atoms with Gasteiger partial charge in [0.1, 0.15) is 11.5 Å². The Morgan fingerprint density at radius 3 is 2.57 bits per heavy atom. The Bertz CT molecular complexity index is 1200. The summed E-state index contributed by atoms with van der Waals surface area (Å²) in [6.07, 6.45) is 5.34. The van der Waals surface area contributed by atoms with Crippen LogP contribution in [0.1, 0.15) is 50.0 Å². The van der Waals surface area contributed by atoms with Gasteiger partial charge in [-0.05, 0) is 63.8 Å². The molecule has 1 aliphatic heterocycles. The zero-order valence-corrected chi connectivity index (χ0v) is 21.1. The molecule has 2 aliphatic rings. The van der Waals surface area contributed by atoms with E-state index in [4.69, 9.17) is 0 Å². The molecule has 1 atom stereocenters. The highest BCUT2D eigenvalue weighted by atomic mass is 32.2. The first-order valence-corrected chi connectivity index (χ1v) is 13.7. The van der Waals surface area contributed by atoms with Crippen molar-refractivity contribution in [2.75, 3.05) is 35.7 Å². The van der Waals surface area contributed by atoms with Crippen LogP contribution in [-0.2, 0) is 9.84 Å². The van der Waals surface area contributed by atoms with Gasteiger partial charge in [-0.2, -0.15) is 0 Å². The number of nitrogens with one attached hydrogen (secondary N) is 1. The summed E-state index contributed by atoms with van der Waals surface area (Å²) in [5.74, 6) is -0.406. The Labute approximate surface area is 205 Å². The maximum Gasteiger partial charge on any atom is 0.270 e. The molecule has 1 aromatic heterocycles. The standard InChI is InChI=1S/C24H32FN5O4S/c1-16-15-29(21-5-4-18(14-19(21)25)35(3,33)34)12-13-30(16)23-26-11-8-20(28-23)22(31)27-17-6-9-24(2,32)10-7-17/h4-5,8,11,14,16-17,32H,6-7,9-10,12-13,15H2,1-3H3,(H,27,31). The Kier molecular flexibility index (Phi) is 7.01. The molecule has 0 radical (unpaired) electrons. The lowest BCUT2D eigenvalue weighted by Crippen LogP contribution is -2.53. The number of carbonyl (C=O) groups is 1. The fourth-order valence-corrected chi connectivity index (χ4v) is 5.34. The van der Waals surface area contributed by atoms with E-state index in [2.05, 4.69) is 15.3 Å². The number of carbonyl (C=O) groups excluding carboxylic acids is 1. The first kappa shape index (κ1) is 25.3. The van der Waals surface area contributed by atoms with Crippen LogP contribution in [0.25, 0.3) is 0 Å². The van der Waals surface area contributed by atoms with E-state index < -0.39 is 21.3 Å². The van der Waals surface area contributed by atoms with E-state index in [1.165, 1.54) is 12.1 Å². The van der Waals surface area contributed by atoms with E-state index in [1.54, 1.807) is 12.3 Å². The van der Waals surface area contributed by atoms with Gasteiger partial charge in [0.15, 0.2) is 9.84 Å². The SMILES string of the molecule is CC1CN(c2ccc(S(C)(=O)=O)cc2F)CCN1c1nccc(C(=O)NC2CCC(C)(O)CC2)n1. The van der Waals surface area contributed by atoms with Gasteiger partial charge in [-0.15, -0.1) is 0 Å². The molecule has 2 N–H and O–H groups in total. The zero-order chi connectivity index (χ0) is 25.4. The lowest BCUT2D eigenvalue weighted by Gasteiger charge is -2.41. The number of sulfone groups is 1. The number of amides is 1. The lowest BCUT2D eigenvalue weighted by atomic mass is 9.83. The van der Waals surface area contributed by atoms with E-state index in [-0.39, 0.29) is 28.6 Å². The Morgan fingerprint density at radius 2 is 1.94 bits per heavy atom. The van der Waals surface area contributed by atoms with E-state index in [1.807, 2.05) is 23.6 Å². The fourth-order valence-electron chi connectivity index (χ4n) is 4.70. The molecule has 1 amide bonds.